The quantitative estimate of drug-likeness (QED) is 0.354. The predicted octanol–water partition coefficient (Wildman–Crippen LogP) is 3.90. The Balaban J connectivity index is 1.95. The molecule has 0 radical (unpaired) electrons. The molecule has 0 amide bonds. The summed E-state index contributed by atoms with van der Waals surface area (Å²) in [6, 6.07) is 19.7. The minimum Gasteiger partial charge on any atom is -0.411 e. The summed E-state index contributed by atoms with van der Waals surface area (Å²) in [5.41, 5.74) is 4.15. The number of hydrogen-bond donors (Lipinski definition) is 1. The van der Waals surface area contributed by atoms with E-state index >= 15 is 0 Å². The van der Waals surface area contributed by atoms with Gasteiger partial charge in [0.2, 0.25) is 0 Å². The molecular weight excluding hydrogens is 300 g/mol. The SMILES string of the molecule is O/N=C/c1cn(-c2ccccc2)nc1-c1cccc2cccnc12. The van der Waals surface area contributed by atoms with Crippen molar-refractivity contribution < 1.29 is 5.21 Å². The summed E-state index contributed by atoms with van der Waals surface area (Å²) in [6.07, 6.45) is 5.00. The molecule has 5 heteroatoms. The van der Waals surface area contributed by atoms with Crippen LogP contribution < -0.4 is 0 Å². The molecular formula is C19H14N4O. The van der Waals surface area contributed by atoms with Gasteiger partial charge in [-0.15, -0.1) is 0 Å². The van der Waals surface area contributed by atoms with Gasteiger partial charge in [-0.05, 0) is 18.2 Å². The van der Waals surface area contributed by atoms with Gasteiger partial charge in [0, 0.05) is 28.9 Å². The van der Waals surface area contributed by atoms with Gasteiger partial charge in [-0.3, -0.25) is 4.98 Å². The largest absolute Gasteiger partial charge is 0.411 e. The molecule has 0 atom stereocenters. The van der Waals surface area contributed by atoms with Gasteiger partial charge in [-0.1, -0.05) is 47.6 Å². The number of fused-ring (bicyclic) bond motifs is 1. The maximum Gasteiger partial charge on any atom is 0.104 e. The minimum absolute atomic E-state index is 0.722. The van der Waals surface area contributed by atoms with Crippen LogP contribution in [0.15, 0.2) is 78.2 Å². The molecule has 0 saturated carbocycles. The third-order valence-electron chi connectivity index (χ3n) is 3.85. The smallest absolute Gasteiger partial charge is 0.104 e. The molecule has 1 N–H and O–H groups in total. The van der Waals surface area contributed by atoms with Crippen molar-refractivity contribution in [1.29, 1.82) is 0 Å². The van der Waals surface area contributed by atoms with Crippen molar-refractivity contribution in [3.05, 3.63) is 78.6 Å². The van der Waals surface area contributed by atoms with Gasteiger partial charge in [-0.25, -0.2) is 4.68 Å². The fraction of sp³-hybridized carbons (Fsp3) is 0. The Bertz CT molecular complexity index is 1020. The highest BCUT2D eigenvalue weighted by molar-refractivity contribution is 5.98. The van der Waals surface area contributed by atoms with Crippen molar-refractivity contribution in [2.45, 2.75) is 0 Å². The number of oxime groups is 1. The zero-order valence-electron chi connectivity index (χ0n) is 12.7. The molecule has 0 bridgehead atoms. The zero-order chi connectivity index (χ0) is 16.4. The Hall–Kier alpha value is -3.47. The number of para-hydroxylation sites is 2. The molecule has 24 heavy (non-hydrogen) atoms. The molecule has 4 aromatic rings. The molecule has 116 valence electrons. The molecule has 0 aliphatic heterocycles. The van der Waals surface area contributed by atoms with Gasteiger partial charge in [0.25, 0.3) is 0 Å². The standard InChI is InChI=1S/C19H14N4O/c24-21-12-15-13-23(16-8-2-1-3-9-16)22-19(15)17-10-4-6-14-7-5-11-20-18(14)17/h1-13,24H/b21-12+. The fourth-order valence-electron chi connectivity index (χ4n) is 2.76. The van der Waals surface area contributed by atoms with Gasteiger partial charge in [0.1, 0.15) is 5.69 Å². The monoisotopic (exact) mass is 314 g/mol. The Morgan fingerprint density at radius 2 is 1.79 bits per heavy atom. The lowest BCUT2D eigenvalue weighted by molar-refractivity contribution is 0.322. The van der Waals surface area contributed by atoms with E-state index in [0.717, 1.165) is 33.4 Å². The fourth-order valence-corrected chi connectivity index (χ4v) is 2.76. The molecule has 0 unspecified atom stereocenters. The van der Waals surface area contributed by atoms with Crippen molar-refractivity contribution in [3.63, 3.8) is 0 Å². The Kier molecular flexibility index (Phi) is 3.51. The average Bonchev–Trinajstić information content (AvgIpc) is 3.06. The topological polar surface area (TPSA) is 63.3 Å². The van der Waals surface area contributed by atoms with Crippen LogP contribution in [-0.4, -0.2) is 26.2 Å². The van der Waals surface area contributed by atoms with Crippen LogP contribution in [0.25, 0.3) is 27.8 Å². The second kappa shape index (κ2) is 5.96. The molecule has 2 aromatic carbocycles. The third-order valence-corrected chi connectivity index (χ3v) is 3.85. The molecule has 5 nitrogen and oxygen atoms in total. The van der Waals surface area contributed by atoms with E-state index in [-0.39, 0.29) is 0 Å². The highest BCUT2D eigenvalue weighted by Gasteiger charge is 2.14. The first-order valence-corrected chi connectivity index (χ1v) is 7.53. The predicted molar refractivity (Wildman–Crippen MR) is 93.7 cm³/mol. The van der Waals surface area contributed by atoms with E-state index in [9.17, 15) is 0 Å². The highest BCUT2D eigenvalue weighted by atomic mass is 16.4. The lowest BCUT2D eigenvalue weighted by Gasteiger charge is -2.04. The van der Waals surface area contributed by atoms with Crippen LogP contribution in [0.3, 0.4) is 0 Å². The Labute approximate surface area is 138 Å². The van der Waals surface area contributed by atoms with Gasteiger partial charge >= 0.3 is 0 Å². The lowest BCUT2D eigenvalue weighted by Crippen LogP contribution is -1.94. The van der Waals surface area contributed by atoms with Crippen LogP contribution in [-0.2, 0) is 0 Å². The van der Waals surface area contributed by atoms with E-state index in [1.54, 1.807) is 10.9 Å². The van der Waals surface area contributed by atoms with Crippen LogP contribution in [0.5, 0.6) is 0 Å². The van der Waals surface area contributed by atoms with Crippen LogP contribution in [0.4, 0.5) is 0 Å². The molecule has 0 aliphatic rings. The first-order chi connectivity index (χ1) is 11.9. The van der Waals surface area contributed by atoms with Crippen molar-refractivity contribution in [2.24, 2.45) is 5.16 Å². The summed E-state index contributed by atoms with van der Waals surface area (Å²) in [5.74, 6) is 0. The van der Waals surface area contributed by atoms with Crippen molar-refractivity contribution in [2.75, 3.05) is 0 Å². The van der Waals surface area contributed by atoms with Crippen molar-refractivity contribution in [3.8, 4) is 16.9 Å². The molecule has 0 aliphatic carbocycles. The summed E-state index contributed by atoms with van der Waals surface area (Å²) in [5, 5.41) is 17.9. The van der Waals surface area contributed by atoms with E-state index in [4.69, 9.17) is 10.3 Å². The highest BCUT2D eigenvalue weighted by Crippen LogP contribution is 2.28. The lowest BCUT2D eigenvalue weighted by atomic mass is 10.0. The van der Waals surface area contributed by atoms with Crippen molar-refractivity contribution >= 4 is 17.1 Å². The summed E-state index contributed by atoms with van der Waals surface area (Å²) >= 11 is 0. The summed E-state index contributed by atoms with van der Waals surface area (Å²) in [6.45, 7) is 0. The Morgan fingerprint density at radius 1 is 0.958 bits per heavy atom. The molecule has 2 aromatic heterocycles. The summed E-state index contributed by atoms with van der Waals surface area (Å²) in [7, 11) is 0. The molecule has 0 spiro atoms. The second-order valence-corrected chi connectivity index (χ2v) is 5.34. The number of pyridine rings is 1. The van der Waals surface area contributed by atoms with Crippen LogP contribution >= 0.6 is 0 Å². The number of aromatic nitrogens is 3. The van der Waals surface area contributed by atoms with E-state index in [2.05, 4.69) is 10.1 Å². The van der Waals surface area contributed by atoms with Gasteiger partial charge in [-0.2, -0.15) is 5.10 Å². The average molecular weight is 314 g/mol. The first-order valence-electron chi connectivity index (χ1n) is 7.53. The molecule has 4 rings (SSSR count). The van der Waals surface area contributed by atoms with E-state index in [1.807, 2.05) is 66.9 Å². The van der Waals surface area contributed by atoms with Gasteiger partial charge in [0.05, 0.1) is 17.4 Å². The zero-order valence-corrected chi connectivity index (χ0v) is 12.7. The number of hydrogen-bond acceptors (Lipinski definition) is 4. The summed E-state index contributed by atoms with van der Waals surface area (Å²) in [4.78, 5) is 4.48. The van der Waals surface area contributed by atoms with Crippen LogP contribution in [0.1, 0.15) is 5.56 Å². The number of nitrogens with zero attached hydrogens (tertiary/aromatic N) is 4. The number of benzene rings is 2. The van der Waals surface area contributed by atoms with Crippen LogP contribution in [0, 0.1) is 0 Å². The van der Waals surface area contributed by atoms with Crippen molar-refractivity contribution in [1.82, 2.24) is 14.8 Å². The second-order valence-electron chi connectivity index (χ2n) is 5.34. The van der Waals surface area contributed by atoms with Crippen LogP contribution in [0.2, 0.25) is 0 Å². The summed E-state index contributed by atoms with van der Waals surface area (Å²) < 4.78 is 1.77. The number of rotatable bonds is 3. The minimum atomic E-state index is 0.722. The molecule has 0 fully saturated rings. The first kappa shape index (κ1) is 14.1. The Morgan fingerprint density at radius 3 is 2.62 bits per heavy atom. The van der Waals surface area contributed by atoms with Gasteiger partial charge < -0.3 is 5.21 Å². The molecule has 0 saturated heterocycles. The van der Waals surface area contributed by atoms with E-state index in [0.29, 0.717) is 0 Å². The maximum atomic E-state index is 9.00. The maximum absolute atomic E-state index is 9.00. The normalized spacial score (nSPS) is 11.3. The van der Waals surface area contributed by atoms with Gasteiger partial charge in [0.15, 0.2) is 0 Å². The third kappa shape index (κ3) is 2.42. The van der Waals surface area contributed by atoms with E-state index < -0.39 is 0 Å². The molecule has 2 heterocycles. The van der Waals surface area contributed by atoms with E-state index in [1.165, 1.54) is 6.21 Å².